The van der Waals surface area contributed by atoms with Crippen molar-refractivity contribution in [3.63, 3.8) is 0 Å². The number of thioether (sulfide) groups is 1. The predicted octanol–water partition coefficient (Wildman–Crippen LogP) is 1.78. The number of nitrogens with two attached hydrogens (primary N) is 1. The average molecular weight is 241 g/mol. The van der Waals surface area contributed by atoms with Crippen molar-refractivity contribution in [2.75, 3.05) is 5.75 Å². The minimum atomic E-state index is -0.311. The number of fused-ring (bicyclic) bond motifs is 4. The summed E-state index contributed by atoms with van der Waals surface area (Å²) in [7, 11) is 0. The van der Waals surface area contributed by atoms with E-state index in [0.717, 1.165) is 27.4 Å². The molecule has 2 aliphatic heterocycles. The molecule has 0 saturated heterocycles. The Kier molecular flexibility index (Phi) is 2.40. The number of primary amides is 1. The number of allylic oxidation sites excluding steroid dienone is 1. The molecule has 0 aromatic carbocycles. The van der Waals surface area contributed by atoms with Crippen LogP contribution in [0.5, 0.6) is 0 Å². The molecule has 78 valence electrons. The van der Waals surface area contributed by atoms with E-state index in [1.165, 1.54) is 0 Å². The van der Waals surface area contributed by atoms with Crippen LogP contribution in [0.4, 0.5) is 0 Å². The molecule has 1 amide bonds. The Balaban J connectivity index is 0.000000853. The summed E-state index contributed by atoms with van der Waals surface area (Å²) in [5, 5.41) is 0. The van der Waals surface area contributed by atoms with Crippen molar-refractivity contribution in [1.82, 2.24) is 4.98 Å². The number of hydrogen-bond acceptors (Lipinski definition) is 2. The number of amides is 1. The molecule has 0 spiro atoms. The molecule has 3 nitrogen and oxygen atoms in total. The number of hydrogen-bond donors (Lipinski definition) is 2. The summed E-state index contributed by atoms with van der Waals surface area (Å²) in [6.07, 6.45) is 2.06. The van der Waals surface area contributed by atoms with E-state index < -0.39 is 0 Å². The van der Waals surface area contributed by atoms with Gasteiger partial charge in [-0.3, -0.25) is 4.79 Å². The second-order valence-corrected chi connectivity index (χ2v) is 4.36. The normalized spacial score (nSPS) is 16.9. The fourth-order valence-electron chi connectivity index (χ4n) is 1.83. The topological polar surface area (TPSA) is 58.9 Å². The summed E-state index contributed by atoms with van der Waals surface area (Å²) >= 11 is 1.67. The molecule has 0 aliphatic carbocycles. The number of H-pyrrole nitrogens is 1. The SMILES string of the molecule is Cl.NC(=O)C1=C2C(=Cc3ccc2[nH]3)SC1. The zero-order valence-corrected chi connectivity index (χ0v) is 9.37. The van der Waals surface area contributed by atoms with Gasteiger partial charge in [0.15, 0.2) is 0 Å². The van der Waals surface area contributed by atoms with Gasteiger partial charge in [-0.2, -0.15) is 0 Å². The van der Waals surface area contributed by atoms with Crippen LogP contribution in [-0.2, 0) is 4.79 Å². The number of halogens is 1. The largest absolute Gasteiger partial charge is 0.366 e. The van der Waals surface area contributed by atoms with Crippen LogP contribution in [0.25, 0.3) is 11.6 Å². The highest BCUT2D eigenvalue weighted by Crippen LogP contribution is 2.45. The van der Waals surface area contributed by atoms with E-state index in [-0.39, 0.29) is 18.3 Å². The lowest BCUT2D eigenvalue weighted by atomic mass is 10.0. The van der Waals surface area contributed by atoms with E-state index in [4.69, 9.17) is 5.73 Å². The molecule has 0 atom stereocenters. The van der Waals surface area contributed by atoms with E-state index in [2.05, 4.69) is 11.1 Å². The predicted molar refractivity (Wildman–Crippen MR) is 64.6 cm³/mol. The van der Waals surface area contributed by atoms with Gasteiger partial charge in [0, 0.05) is 33.2 Å². The Morgan fingerprint density at radius 2 is 2.27 bits per heavy atom. The highest BCUT2D eigenvalue weighted by molar-refractivity contribution is 8.04. The molecular weight excluding hydrogens is 232 g/mol. The van der Waals surface area contributed by atoms with E-state index in [1.54, 1.807) is 11.8 Å². The molecule has 1 aromatic rings. The number of nitrogens with one attached hydrogen (secondary N) is 1. The second-order valence-electron chi connectivity index (χ2n) is 3.34. The van der Waals surface area contributed by atoms with Gasteiger partial charge in [-0.25, -0.2) is 0 Å². The minimum absolute atomic E-state index is 0. The van der Waals surface area contributed by atoms with E-state index in [1.807, 2.05) is 12.1 Å². The molecule has 0 saturated carbocycles. The van der Waals surface area contributed by atoms with Crippen molar-refractivity contribution in [3.8, 4) is 0 Å². The van der Waals surface area contributed by atoms with Gasteiger partial charge in [-0.15, -0.1) is 24.2 Å². The molecule has 5 heteroatoms. The standard InChI is InChI=1S/C10H8N2OS.ClH/c11-10(13)6-4-14-8-3-5-1-2-7(12-5)9(6)8;/h1-3,12H,4H2,(H2,11,13);1H. The number of aromatic nitrogens is 1. The first-order valence-electron chi connectivity index (χ1n) is 4.33. The van der Waals surface area contributed by atoms with E-state index >= 15 is 0 Å². The molecule has 3 heterocycles. The van der Waals surface area contributed by atoms with E-state index in [9.17, 15) is 4.79 Å². The maximum atomic E-state index is 11.2. The smallest absolute Gasteiger partial charge is 0.246 e. The first-order valence-corrected chi connectivity index (χ1v) is 5.31. The van der Waals surface area contributed by atoms with Gasteiger partial charge in [0.2, 0.25) is 5.91 Å². The van der Waals surface area contributed by atoms with Crippen molar-refractivity contribution in [1.29, 1.82) is 0 Å². The molecule has 3 N–H and O–H groups in total. The molecule has 0 unspecified atom stereocenters. The Labute approximate surface area is 97.2 Å². The van der Waals surface area contributed by atoms with Crippen LogP contribution in [0.2, 0.25) is 0 Å². The zero-order chi connectivity index (χ0) is 9.71. The number of aromatic amines is 1. The summed E-state index contributed by atoms with van der Waals surface area (Å²) in [5.41, 5.74) is 9.16. The van der Waals surface area contributed by atoms with Crippen LogP contribution in [0, 0.1) is 0 Å². The van der Waals surface area contributed by atoms with Crippen LogP contribution in [0.1, 0.15) is 11.4 Å². The minimum Gasteiger partial charge on any atom is -0.366 e. The Bertz CT molecular complexity index is 501. The summed E-state index contributed by atoms with van der Waals surface area (Å²) in [5.74, 6) is 0.386. The van der Waals surface area contributed by atoms with Crippen LogP contribution in [0.3, 0.4) is 0 Å². The summed E-state index contributed by atoms with van der Waals surface area (Å²) < 4.78 is 0. The summed E-state index contributed by atoms with van der Waals surface area (Å²) in [6, 6.07) is 4.00. The van der Waals surface area contributed by atoms with Gasteiger partial charge in [-0.1, -0.05) is 0 Å². The lowest BCUT2D eigenvalue weighted by Crippen LogP contribution is -2.15. The lowest BCUT2D eigenvalue weighted by Gasteiger charge is -2.07. The van der Waals surface area contributed by atoms with Crippen molar-refractivity contribution >= 4 is 41.7 Å². The third-order valence-electron chi connectivity index (χ3n) is 2.48. The second kappa shape index (κ2) is 3.47. The van der Waals surface area contributed by atoms with Crippen LogP contribution in [0.15, 0.2) is 22.6 Å². The Hall–Kier alpha value is -1.13. The van der Waals surface area contributed by atoms with Crippen molar-refractivity contribution in [2.24, 2.45) is 5.73 Å². The van der Waals surface area contributed by atoms with Gasteiger partial charge >= 0.3 is 0 Å². The molecule has 2 aliphatic rings. The van der Waals surface area contributed by atoms with Gasteiger partial charge in [0.05, 0.1) is 0 Å². The first-order chi connectivity index (χ1) is 6.75. The maximum absolute atomic E-state index is 11.2. The quantitative estimate of drug-likeness (QED) is 0.786. The monoisotopic (exact) mass is 240 g/mol. The maximum Gasteiger partial charge on any atom is 0.246 e. The molecule has 0 radical (unpaired) electrons. The van der Waals surface area contributed by atoms with Crippen LogP contribution < -0.4 is 5.73 Å². The van der Waals surface area contributed by atoms with Crippen molar-refractivity contribution in [2.45, 2.75) is 0 Å². The molecule has 0 fully saturated rings. The number of carbonyl (C=O) groups is 1. The fourth-order valence-corrected chi connectivity index (χ4v) is 3.00. The average Bonchev–Trinajstić information content (AvgIpc) is 2.71. The number of rotatable bonds is 1. The van der Waals surface area contributed by atoms with E-state index in [0.29, 0.717) is 5.75 Å². The van der Waals surface area contributed by atoms with Crippen molar-refractivity contribution in [3.05, 3.63) is 34.0 Å². The fraction of sp³-hybridized carbons (Fsp3) is 0.100. The third-order valence-corrected chi connectivity index (χ3v) is 3.55. The zero-order valence-electron chi connectivity index (χ0n) is 7.74. The molecule has 3 rings (SSSR count). The van der Waals surface area contributed by atoms with Crippen LogP contribution >= 0.6 is 24.2 Å². The van der Waals surface area contributed by atoms with Gasteiger partial charge in [-0.05, 0) is 18.2 Å². The molecule has 2 bridgehead atoms. The summed E-state index contributed by atoms with van der Waals surface area (Å²) in [6.45, 7) is 0. The Morgan fingerprint density at radius 3 is 3.00 bits per heavy atom. The molecule has 1 aromatic heterocycles. The molecule has 15 heavy (non-hydrogen) atoms. The Morgan fingerprint density at radius 1 is 1.47 bits per heavy atom. The third kappa shape index (κ3) is 1.41. The van der Waals surface area contributed by atoms with Gasteiger partial charge < -0.3 is 10.7 Å². The molecular formula is C10H9ClN2OS. The lowest BCUT2D eigenvalue weighted by molar-refractivity contribution is -0.114. The highest BCUT2D eigenvalue weighted by Gasteiger charge is 2.28. The van der Waals surface area contributed by atoms with Crippen molar-refractivity contribution < 1.29 is 4.79 Å². The summed E-state index contributed by atoms with van der Waals surface area (Å²) in [4.78, 5) is 15.6. The highest BCUT2D eigenvalue weighted by atomic mass is 35.5. The number of carbonyl (C=O) groups excluding carboxylic acids is 1. The first kappa shape index (κ1) is 10.4. The van der Waals surface area contributed by atoms with Gasteiger partial charge in [0.1, 0.15) is 0 Å². The van der Waals surface area contributed by atoms with Crippen LogP contribution in [-0.4, -0.2) is 16.6 Å². The van der Waals surface area contributed by atoms with Gasteiger partial charge in [0.25, 0.3) is 0 Å².